The summed E-state index contributed by atoms with van der Waals surface area (Å²) in [7, 11) is 2.21. The van der Waals surface area contributed by atoms with E-state index in [9.17, 15) is 0 Å². The summed E-state index contributed by atoms with van der Waals surface area (Å²) in [5, 5.41) is 4.96. The second kappa shape index (κ2) is 6.87. The summed E-state index contributed by atoms with van der Waals surface area (Å²) in [4.78, 5) is 5.01. The molecular weight excluding hydrogens is 298 g/mol. The first kappa shape index (κ1) is 17.5. The first-order chi connectivity index (χ1) is 11.4. The maximum atomic E-state index is 5.81. The Morgan fingerprint density at radius 2 is 1.92 bits per heavy atom. The van der Waals surface area contributed by atoms with E-state index in [-0.39, 0.29) is 11.6 Å². The van der Waals surface area contributed by atoms with Gasteiger partial charge in [-0.1, -0.05) is 18.2 Å². The molecule has 1 aromatic heterocycles. The molecule has 1 fully saturated rings. The van der Waals surface area contributed by atoms with E-state index in [0.717, 1.165) is 38.3 Å². The van der Waals surface area contributed by atoms with E-state index in [1.807, 2.05) is 6.26 Å². The van der Waals surface area contributed by atoms with Crippen LogP contribution in [0.15, 0.2) is 28.9 Å². The molecule has 1 N–H and O–H groups in total. The third-order valence-corrected chi connectivity index (χ3v) is 5.49. The minimum absolute atomic E-state index is 0.158. The Labute approximate surface area is 145 Å². The van der Waals surface area contributed by atoms with Gasteiger partial charge < -0.3 is 14.6 Å². The van der Waals surface area contributed by atoms with E-state index in [4.69, 9.17) is 4.42 Å². The summed E-state index contributed by atoms with van der Waals surface area (Å²) in [5.41, 5.74) is 3.62. The fourth-order valence-corrected chi connectivity index (χ4v) is 3.59. The number of hydrogen-bond acceptors (Lipinski definition) is 4. The smallest absolute Gasteiger partial charge is 0.137 e. The summed E-state index contributed by atoms with van der Waals surface area (Å²) < 4.78 is 5.81. The van der Waals surface area contributed by atoms with Gasteiger partial charge in [-0.2, -0.15) is 0 Å². The number of likely N-dealkylation sites (N-methyl/N-ethyl adjacent to an activating group) is 1. The van der Waals surface area contributed by atoms with Gasteiger partial charge >= 0.3 is 0 Å². The van der Waals surface area contributed by atoms with E-state index < -0.39 is 0 Å². The average Bonchev–Trinajstić information content (AvgIpc) is 2.99. The van der Waals surface area contributed by atoms with Crippen molar-refractivity contribution in [1.82, 2.24) is 15.1 Å². The molecule has 1 atom stereocenters. The molecular formula is C20H31N3O. The van der Waals surface area contributed by atoms with Gasteiger partial charge in [0.15, 0.2) is 0 Å². The highest BCUT2D eigenvalue weighted by molar-refractivity contribution is 5.84. The Morgan fingerprint density at radius 1 is 1.21 bits per heavy atom. The topological polar surface area (TPSA) is 31.6 Å². The minimum atomic E-state index is 0.158. The molecule has 3 rings (SSSR count). The molecule has 1 aromatic carbocycles. The number of para-hydroxylation sites is 1. The fourth-order valence-electron chi connectivity index (χ4n) is 3.59. The number of nitrogens with zero attached hydrogens (tertiary/aromatic N) is 2. The predicted octanol–water partition coefficient (Wildman–Crippen LogP) is 3.42. The Bertz CT molecular complexity index is 683. The van der Waals surface area contributed by atoms with Gasteiger partial charge in [0, 0.05) is 55.3 Å². The molecule has 1 aliphatic rings. The maximum absolute atomic E-state index is 5.81. The van der Waals surface area contributed by atoms with Gasteiger partial charge in [-0.15, -0.1) is 0 Å². The van der Waals surface area contributed by atoms with Crippen molar-refractivity contribution in [1.29, 1.82) is 0 Å². The molecule has 0 amide bonds. The van der Waals surface area contributed by atoms with Gasteiger partial charge in [0.25, 0.3) is 0 Å². The molecule has 4 heteroatoms. The maximum Gasteiger partial charge on any atom is 0.137 e. The second-order valence-electron chi connectivity index (χ2n) is 7.85. The third kappa shape index (κ3) is 3.51. The number of piperazine rings is 1. The lowest BCUT2D eigenvalue weighted by atomic mass is 9.99. The molecule has 1 unspecified atom stereocenters. The molecule has 24 heavy (non-hydrogen) atoms. The normalized spacial score (nSPS) is 19.0. The molecule has 0 radical (unpaired) electrons. The lowest BCUT2D eigenvalue weighted by Crippen LogP contribution is -2.57. The van der Waals surface area contributed by atoms with Crippen LogP contribution in [0.4, 0.5) is 0 Å². The molecule has 0 aliphatic carbocycles. The number of fused-ring (bicyclic) bond motifs is 1. The van der Waals surface area contributed by atoms with Crippen LogP contribution in [-0.2, 0) is 0 Å². The Balaban J connectivity index is 1.66. The Kier molecular flexibility index (Phi) is 5.00. The van der Waals surface area contributed by atoms with Gasteiger partial charge in [0.1, 0.15) is 5.58 Å². The van der Waals surface area contributed by atoms with E-state index in [1.165, 1.54) is 16.5 Å². The van der Waals surface area contributed by atoms with Gasteiger partial charge in [0.05, 0.1) is 6.26 Å². The predicted molar refractivity (Wildman–Crippen MR) is 101 cm³/mol. The summed E-state index contributed by atoms with van der Waals surface area (Å²) in [5.74, 6) is 0. The molecule has 1 aliphatic heterocycles. The second-order valence-corrected chi connectivity index (χ2v) is 7.85. The summed E-state index contributed by atoms with van der Waals surface area (Å²) in [6.45, 7) is 14.6. The molecule has 132 valence electrons. The van der Waals surface area contributed by atoms with E-state index in [2.05, 4.69) is 68.1 Å². The standard InChI is InChI=1S/C20H31N3O/c1-15-7-6-8-17-18(13-24-19(15)17)16(2)21-14-20(3,4)23-11-9-22(5)10-12-23/h6-8,13,16,21H,9-12,14H2,1-5H3. The highest BCUT2D eigenvalue weighted by atomic mass is 16.3. The van der Waals surface area contributed by atoms with Gasteiger partial charge in [-0.3, -0.25) is 4.90 Å². The van der Waals surface area contributed by atoms with Crippen molar-refractivity contribution >= 4 is 11.0 Å². The van der Waals surface area contributed by atoms with Crippen molar-refractivity contribution in [3.63, 3.8) is 0 Å². The average molecular weight is 329 g/mol. The van der Waals surface area contributed by atoms with Gasteiger partial charge in [0.2, 0.25) is 0 Å². The monoisotopic (exact) mass is 329 g/mol. The fraction of sp³-hybridized carbons (Fsp3) is 0.600. The van der Waals surface area contributed by atoms with Crippen LogP contribution in [0.3, 0.4) is 0 Å². The van der Waals surface area contributed by atoms with Crippen LogP contribution >= 0.6 is 0 Å². The summed E-state index contributed by atoms with van der Waals surface area (Å²) >= 11 is 0. The number of benzene rings is 1. The van der Waals surface area contributed by atoms with Crippen molar-refractivity contribution in [2.45, 2.75) is 39.3 Å². The van der Waals surface area contributed by atoms with Crippen LogP contribution in [0.5, 0.6) is 0 Å². The van der Waals surface area contributed by atoms with Crippen LogP contribution in [0.1, 0.15) is 37.9 Å². The number of aryl methyl sites for hydroxylation is 1. The largest absolute Gasteiger partial charge is 0.464 e. The first-order valence-corrected chi connectivity index (χ1v) is 9.02. The van der Waals surface area contributed by atoms with Gasteiger partial charge in [-0.05, 0) is 40.3 Å². The van der Waals surface area contributed by atoms with Crippen LogP contribution in [0.2, 0.25) is 0 Å². The first-order valence-electron chi connectivity index (χ1n) is 9.02. The quantitative estimate of drug-likeness (QED) is 0.911. The van der Waals surface area contributed by atoms with Crippen LogP contribution < -0.4 is 5.32 Å². The number of furan rings is 1. The zero-order valence-electron chi connectivity index (χ0n) is 15.7. The lowest BCUT2D eigenvalue weighted by Gasteiger charge is -2.43. The number of hydrogen-bond donors (Lipinski definition) is 1. The molecule has 2 heterocycles. The van der Waals surface area contributed by atoms with Crippen molar-refractivity contribution in [3.05, 3.63) is 35.6 Å². The zero-order chi connectivity index (χ0) is 17.3. The minimum Gasteiger partial charge on any atom is -0.464 e. The number of rotatable bonds is 5. The molecule has 0 bridgehead atoms. The van der Waals surface area contributed by atoms with Crippen molar-refractivity contribution < 1.29 is 4.42 Å². The lowest BCUT2D eigenvalue weighted by molar-refractivity contribution is 0.0605. The highest BCUT2D eigenvalue weighted by Crippen LogP contribution is 2.29. The van der Waals surface area contributed by atoms with Crippen LogP contribution in [0, 0.1) is 6.92 Å². The molecule has 1 saturated heterocycles. The Morgan fingerprint density at radius 3 is 2.62 bits per heavy atom. The number of nitrogens with one attached hydrogen (secondary N) is 1. The van der Waals surface area contributed by atoms with Crippen molar-refractivity contribution in [2.24, 2.45) is 0 Å². The third-order valence-electron chi connectivity index (χ3n) is 5.49. The molecule has 4 nitrogen and oxygen atoms in total. The molecule has 0 spiro atoms. The Hall–Kier alpha value is -1.36. The summed E-state index contributed by atoms with van der Waals surface area (Å²) in [6.07, 6.45) is 1.91. The van der Waals surface area contributed by atoms with Gasteiger partial charge in [-0.25, -0.2) is 0 Å². The van der Waals surface area contributed by atoms with E-state index >= 15 is 0 Å². The van der Waals surface area contributed by atoms with E-state index in [0.29, 0.717) is 0 Å². The molecule has 0 saturated carbocycles. The van der Waals surface area contributed by atoms with Crippen LogP contribution in [0.25, 0.3) is 11.0 Å². The zero-order valence-corrected chi connectivity index (χ0v) is 15.7. The van der Waals surface area contributed by atoms with E-state index in [1.54, 1.807) is 0 Å². The summed E-state index contributed by atoms with van der Waals surface area (Å²) in [6, 6.07) is 6.65. The van der Waals surface area contributed by atoms with Crippen molar-refractivity contribution in [2.75, 3.05) is 39.8 Å². The highest BCUT2D eigenvalue weighted by Gasteiger charge is 2.29. The SMILES string of the molecule is Cc1cccc2c(C(C)NCC(C)(C)N3CCN(C)CC3)coc12. The van der Waals surface area contributed by atoms with Crippen molar-refractivity contribution in [3.8, 4) is 0 Å². The molecule has 2 aromatic rings. The van der Waals surface area contributed by atoms with Crippen LogP contribution in [-0.4, -0.2) is 55.1 Å².